The Balaban J connectivity index is 2.26. The van der Waals surface area contributed by atoms with Gasteiger partial charge in [0.25, 0.3) is 0 Å². The molecule has 0 spiro atoms. The van der Waals surface area contributed by atoms with Gasteiger partial charge < -0.3 is 10.1 Å². The number of carbonyl (C=O) groups is 1. The second kappa shape index (κ2) is 5.13. The fourth-order valence-electron chi connectivity index (χ4n) is 1.90. The van der Waals surface area contributed by atoms with Gasteiger partial charge in [-0.25, -0.2) is 14.8 Å². The Morgan fingerprint density at radius 3 is 2.90 bits per heavy atom. The molecule has 0 saturated heterocycles. The zero-order chi connectivity index (χ0) is 14.3. The maximum absolute atomic E-state index is 11.2. The molecule has 20 heavy (non-hydrogen) atoms. The molecule has 0 aliphatic rings. The zero-order valence-electron chi connectivity index (χ0n) is 9.89. The normalized spacial score (nSPS) is 10.9. The summed E-state index contributed by atoms with van der Waals surface area (Å²) in [6, 6.07) is 7.31. The third-order valence-electron chi connectivity index (χ3n) is 2.81. The molecule has 100 valence electrons. The average Bonchev–Trinajstić information content (AvgIpc) is 2.84. The summed E-state index contributed by atoms with van der Waals surface area (Å²) < 4.78 is 1.95. The van der Waals surface area contributed by atoms with Gasteiger partial charge in [-0.05, 0) is 46.9 Å². The largest absolute Gasteiger partial charge is 0.478 e. The monoisotopic (exact) mass is 443 g/mol. The van der Waals surface area contributed by atoms with Gasteiger partial charge in [-0.15, -0.1) is 0 Å². The fraction of sp³-hybridized carbons (Fsp3) is 0. The van der Waals surface area contributed by atoms with E-state index in [0.29, 0.717) is 17.0 Å². The lowest BCUT2D eigenvalue weighted by Crippen LogP contribution is -1.97. The van der Waals surface area contributed by atoms with Crippen LogP contribution in [0.3, 0.4) is 0 Å². The van der Waals surface area contributed by atoms with E-state index in [1.165, 1.54) is 12.3 Å². The maximum Gasteiger partial charge on any atom is 0.338 e. The number of carboxylic acids is 1. The van der Waals surface area contributed by atoms with Crippen molar-refractivity contribution < 1.29 is 9.90 Å². The van der Waals surface area contributed by atoms with Crippen LogP contribution in [-0.4, -0.2) is 26.0 Å². The number of rotatable bonds is 2. The predicted octanol–water partition coefficient (Wildman–Crippen LogP) is 3.69. The van der Waals surface area contributed by atoms with Crippen LogP contribution in [0.25, 0.3) is 22.6 Å². The molecule has 2 N–H and O–H groups in total. The molecule has 3 aromatic rings. The molecule has 2 aromatic heterocycles. The minimum absolute atomic E-state index is 0.163. The second-order valence-electron chi connectivity index (χ2n) is 4.07. The van der Waals surface area contributed by atoms with Crippen LogP contribution in [0.5, 0.6) is 0 Å². The molecule has 0 fully saturated rings. The number of imidazole rings is 1. The number of fused-ring (bicyclic) bond motifs is 1. The van der Waals surface area contributed by atoms with Gasteiger partial charge in [-0.1, -0.05) is 15.9 Å². The number of nitrogens with one attached hydrogen (secondary N) is 1. The summed E-state index contributed by atoms with van der Waals surface area (Å²) in [4.78, 5) is 22.7. The van der Waals surface area contributed by atoms with Crippen molar-refractivity contribution in [3.63, 3.8) is 0 Å². The average molecular weight is 444 g/mol. The lowest BCUT2D eigenvalue weighted by molar-refractivity contribution is 0.0699. The number of aromatic nitrogens is 3. The Morgan fingerprint density at radius 1 is 1.35 bits per heavy atom. The molecule has 0 bridgehead atoms. The van der Waals surface area contributed by atoms with Gasteiger partial charge in [0.2, 0.25) is 0 Å². The molecule has 0 aliphatic carbocycles. The number of hydrogen-bond donors (Lipinski definition) is 2. The smallest absolute Gasteiger partial charge is 0.338 e. The van der Waals surface area contributed by atoms with E-state index >= 15 is 0 Å². The first-order valence-electron chi connectivity index (χ1n) is 5.59. The fourth-order valence-corrected chi connectivity index (χ4v) is 2.82. The molecule has 0 saturated carbocycles. The molecule has 0 aliphatic heterocycles. The van der Waals surface area contributed by atoms with E-state index in [0.717, 1.165) is 13.6 Å². The highest BCUT2D eigenvalue weighted by Gasteiger charge is 2.15. The second-order valence-corrected chi connectivity index (χ2v) is 6.17. The lowest BCUT2D eigenvalue weighted by Gasteiger charge is -2.01. The SMILES string of the molecule is O=C(O)c1ccnc2nc(-c3cc(I)ccc3Br)[nH]c12. The number of carboxylic acid groups (broad SMARTS) is 1. The van der Waals surface area contributed by atoms with Crippen LogP contribution >= 0.6 is 38.5 Å². The summed E-state index contributed by atoms with van der Waals surface area (Å²) in [6.07, 6.45) is 1.44. The van der Waals surface area contributed by atoms with Crippen molar-refractivity contribution in [3.05, 3.63) is 44.1 Å². The Labute approximate surface area is 135 Å². The standard InChI is InChI=1S/C13H7BrIN3O2/c14-9-2-1-6(15)5-8(9)11-17-10-7(13(19)20)3-4-16-12(10)18-11/h1-5H,(H,19,20)(H,16,17,18). The summed E-state index contributed by atoms with van der Waals surface area (Å²) in [5, 5.41) is 9.18. The number of H-pyrrole nitrogens is 1. The zero-order valence-corrected chi connectivity index (χ0v) is 13.6. The van der Waals surface area contributed by atoms with Crippen molar-refractivity contribution in [1.29, 1.82) is 0 Å². The molecular weight excluding hydrogens is 437 g/mol. The van der Waals surface area contributed by atoms with Gasteiger partial charge in [0.05, 0.1) is 11.1 Å². The van der Waals surface area contributed by atoms with E-state index in [-0.39, 0.29) is 5.56 Å². The Bertz CT molecular complexity index is 832. The van der Waals surface area contributed by atoms with Gasteiger partial charge >= 0.3 is 5.97 Å². The summed E-state index contributed by atoms with van der Waals surface area (Å²) in [7, 11) is 0. The van der Waals surface area contributed by atoms with Crippen molar-refractivity contribution >= 4 is 55.7 Å². The molecule has 7 heteroatoms. The van der Waals surface area contributed by atoms with Crippen LogP contribution in [0.15, 0.2) is 34.9 Å². The molecular formula is C13H7BrIN3O2. The third-order valence-corrected chi connectivity index (χ3v) is 4.17. The lowest BCUT2D eigenvalue weighted by atomic mass is 10.2. The van der Waals surface area contributed by atoms with Crippen molar-refractivity contribution in [3.8, 4) is 11.4 Å². The number of halogens is 2. The number of benzene rings is 1. The number of pyridine rings is 1. The van der Waals surface area contributed by atoms with Crippen LogP contribution in [0.2, 0.25) is 0 Å². The quantitative estimate of drug-likeness (QED) is 0.592. The highest BCUT2D eigenvalue weighted by Crippen LogP contribution is 2.29. The molecule has 3 rings (SSSR count). The Hall–Kier alpha value is -1.48. The molecule has 0 atom stereocenters. The van der Waals surface area contributed by atoms with E-state index in [2.05, 4.69) is 53.5 Å². The molecule has 0 amide bonds. The van der Waals surface area contributed by atoms with E-state index in [1.54, 1.807) is 0 Å². The topological polar surface area (TPSA) is 78.9 Å². The van der Waals surface area contributed by atoms with Gasteiger partial charge in [0.15, 0.2) is 5.65 Å². The molecule has 0 radical (unpaired) electrons. The van der Waals surface area contributed by atoms with Gasteiger partial charge in [-0.3, -0.25) is 0 Å². The van der Waals surface area contributed by atoms with Crippen molar-refractivity contribution in [1.82, 2.24) is 15.0 Å². The number of aromatic carboxylic acids is 1. The highest BCUT2D eigenvalue weighted by molar-refractivity contribution is 14.1. The molecule has 5 nitrogen and oxygen atoms in total. The van der Waals surface area contributed by atoms with Crippen LogP contribution in [0.1, 0.15) is 10.4 Å². The first kappa shape index (κ1) is 13.5. The summed E-state index contributed by atoms with van der Waals surface area (Å²) in [6.45, 7) is 0. The van der Waals surface area contributed by atoms with E-state index in [4.69, 9.17) is 0 Å². The minimum Gasteiger partial charge on any atom is -0.478 e. The number of nitrogens with zero attached hydrogens (tertiary/aromatic N) is 2. The summed E-state index contributed by atoms with van der Waals surface area (Å²) in [5.74, 6) is -0.416. The third kappa shape index (κ3) is 2.31. The first-order chi connectivity index (χ1) is 9.56. The highest BCUT2D eigenvalue weighted by atomic mass is 127. The van der Waals surface area contributed by atoms with E-state index < -0.39 is 5.97 Å². The van der Waals surface area contributed by atoms with Crippen molar-refractivity contribution in [2.24, 2.45) is 0 Å². The van der Waals surface area contributed by atoms with E-state index in [1.807, 2.05) is 18.2 Å². The Kier molecular flexibility index (Phi) is 3.47. The number of aromatic amines is 1. The Morgan fingerprint density at radius 2 is 2.15 bits per heavy atom. The molecule has 1 aromatic carbocycles. The summed E-state index contributed by atoms with van der Waals surface area (Å²) in [5.41, 5.74) is 1.85. The summed E-state index contributed by atoms with van der Waals surface area (Å²) >= 11 is 5.68. The van der Waals surface area contributed by atoms with Crippen LogP contribution < -0.4 is 0 Å². The molecule has 0 unspecified atom stereocenters. The van der Waals surface area contributed by atoms with Crippen molar-refractivity contribution in [2.75, 3.05) is 0 Å². The maximum atomic E-state index is 11.2. The van der Waals surface area contributed by atoms with Gasteiger partial charge in [0, 0.05) is 19.8 Å². The molecule has 2 heterocycles. The van der Waals surface area contributed by atoms with Gasteiger partial charge in [0.1, 0.15) is 5.82 Å². The van der Waals surface area contributed by atoms with Crippen LogP contribution in [-0.2, 0) is 0 Å². The first-order valence-corrected chi connectivity index (χ1v) is 7.47. The van der Waals surface area contributed by atoms with Gasteiger partial charge in [-0.2, -0.15) is 0 Å². The van der Waals surface area contributed by atoms with Crippen LogP contribution in [0.4, 0.5) is 0 Å². The number of hydrogen-bond acceptors (Lipinski definition) is 3. The predicted molar refractivity (Wildman–Crippen MR) is 86.7 cm³/mol. The van der Waals surface area contributed by atoms with Crippen LogP contribution in [0, 0.1) is 3.57 Å². The van der Waals surface area contributed by atoms with Crippen molar-refractivity contribution in [2.45, 2.75) is 0 Å². The minimum atomic E-state index is -1.01. The van der Waals surface area contributed by atoms with E-state index in [9.17, 15) is 9.90 Å².